The van der Waals surface area contributed by atoms with Crippen LogP contribution in [0.25, 0.3) is 111 Å². The Morgan fingerprint density at radius 1 is 0.268 bits per heavy atom. The zero-order valence-corrected chi connectivity index (χ0v) is 30.1. The van der Waals surface area contributed by atoms with Crippen LogP contribution in [0.2, 0.25) is 0 Å². The third-order valence-electron chi connectivity index (χ3n) is 10.6. The predicted molar refractivity (Wildman–Crippen MR) is 227 cm³/mol. The van der Waals surface area contributed by atoms with Gasteiger partial charge in [-0.1, -0.05) is 152 Å². The van der Waals surface area contributed by atoms with Crippen molar-refractivity contribution in [1.29, 1.82) is 0 Å². The molecule has 0 aliphatic heterocycles. The minimum absolute atomic E-state index is 0.512. The topological polar surface area (TPSA) is 65.0 Å². The molecule has 0 atom stereocenters. The van der Waals surface area contributed by atoms with Crippen LogP contribution in [0.3, 0.4) is 0 Å². The van der Waals surface area contributed by atoms with Crippen molar-refractivity contribution in [2.24, 2.45) is 0 Å². The molecule has 0 amide bonds. The zero-order valence-electron chi connectivity index (χ0n) is 30.1. The van der Waals surface area contributed by atoms with Gasteiger partial charge in [-0.2, -0.15) is 0 Å². The van der Waals surface area contributed by atoms with Gasteiger partial charge in [-0.15, -0.1) is 0 Å². The summed E-state index contributed by atoms with van der Waals surface area (Å²) < 4.78 is 13.1. The molecule has 11 rings (SSSR count). The second-order valence-corrected chi connectivity index (χ2v) is 13.9. The second-order valence-electron chi connectivity index (χ2n) is 13.9. The van der Waals surface area contributed by atoms with Crippen LogP contribution in [-0.2, 0) is 0 Å². The van der Waals surface area contributed by atoms with E-state index in [1.807, 2.05) is 72.8 Å². The van der Waals surface area contributed by atoms with E-state index < -0.39 is 0 Å². The van der Waals surface area contributed by atoms with Crippen LogP contribution >= 0.6 is 0 Å². The van der Waals surface area contributed by atoms with E-state index in [1.165, 1.54) is 5.56 Å². The molecule has 5 heteroatoms. The molecule has 5 nitrogen and oxygen atoms in total. The summed E-state index contributed by atoms with van der Waals surface area (Å²) in [5.74, 6) is 1.57. The van der Waals surface area contributed by atoms with Crippen molar-refractivity contribution >= 4 is 43.9 Å². The molecular weight excluding hydrogens is 687 g/mol. The second kappa shape index (κ2) is 13.0. The Balaban J connectivity index is 1.18. The fourth-order valence-electron chi connectivity index (χ4n) is 7.87. The van der Waals surface area contributed by atoms with E-state index in [2.05, 4.69) is 115 Å². The fourth-order valence-corrected chi connectivity index (χ4v) is 7.87. The van der Waals surface area contributed by atoms with E-state index in [4.69, 9.17) is 23.8 Å². The van der Waals surface area contributed by atoms with Gasteiger partial charge in [0.05, 0.1) is 11.1 Å². The smallest absolute Gasteiger partial charge is 0.167 e. The highest BCUT2D eigenvalue weighted by atomic mass is 16.3. The van der Waals surface area contributed by atoms with Crippen molar-refractivity contribution in [1.82, 2.24) is 15.0 Å². The summed E-state index contributed by atoms with van der Waals surface area (Å²) in [6.07, 6.45) is 0. The molecule has 3 heterocycles. The standard InChI is InChI=1S/C51H31N3O2/c1-3-14-32(15-4-1)34-18-11-19-35(30-34)36-28-29-37(33-16-5-2-6-17-33)44(31-36)51-53-49(42-24-12-22-40-38-20-7-9-26-45(38)55-47(40)42)52-50(54-51)43-25-13-23-41-39-21-8-10-27-46(39)56-48(41)43/h1-31H. The summed E-state index contributed by atoms with van der Waals surface area (Å²) in [4.78, 5) is 15.9. The molecule has 0 N–H and O–H groups in total. The molecule has 0 aliphatic rings. The SMILES string of the molecule is c1ccc(-c2cccc(-c3ccc(-c4ccccc4)c(-c4nc(-c5cccc6c5oc5ccccc56)nc(-c5cccc6c5oc5ccccc56)n4)c3)c2)cc1. The van der Waals surface area contributed by atoms with Crippen LogP contribution in [0, 0.1) is 0 Å². The van der Waals surface area contributed by atoms with Crippen LogP contribution in [0.15, 0.2) is 197 Å². The number of para-hydroxylation sites is 4. The van der Waals surface area contributed by atoms with Gasteiger partial charge >= 0.3 is 0 Å². The number of benzene rings is 8. The maximum absolute atomic E-state index is 6.54. The van der Waals surface area contributed by atoms with Gasteiger partial charge in [-0.3, -0.25) is 0 Å². The van der Waals surface area contributed by atoms with Crippen molar-refractivity contribution in [3.8, 4) is 67.5 Å². The molecule has 262 valence electrons. The average Bonchev–Trinajstić information content (AvgIpc) is 3.86. The van der Waals surface area contributed by atoms with Crippen LogP contribution in [-0.4, -0.2) is 15.0 Å². The third kappa shape index (κ3) is 5.37. The molecule has 0 saturated heterocycles. The van der Waals surface area contributed by atoms with Crippen LogP contribution in [0.4, 0.5) is 0 Å². The molecule has 3 aromatic heterocycles. The Morgan fingerprint density at radius 3 is 1.29 bits per heavy atom. The van der Waals surface area contributed by atoms with Crippen LogP contribution in [0.5, 0.6) is 0 Å². The Labute approximate surface area is 322 Å². The van der Waals surface area contributed by atoms with Crippen molar-refractivity contribution in [2.75, 3.05) is 0 Å². The predicted octanol–water partition coefficient (Wildman–Crippen LogP) is 13.7. The normalized spacial score (nSPS) is 11.6. The van der Waals surface area contributed by atoms with E-state index in [0.29, 0.717) is 17.5 Å². The number of furan rings is 2. The molecule has 0 bridgehead atoms. The molecule has 0 radical (unpaired) electrons. The first-order valence-corrected chi connectivity index (χ1v) is 18.7. The van der Waals surface area contributed by atoms with Gasteiger partial charge in [-0.05, 0) is 69.8 Å². The number of nitrogens with zero attached hydrogens (tertiary/aromatic N) is 3. The van der Waals surface area contributed by atoms with Crippen molar-refractivity contribution in [3.05, 3.63) is 188 Å². The molecule has 8 aromatic carbocycles. The molecule has 0 saturated carbocycles. The van der Waals surface area contributed by atoms with Gasteiger partial charge in [-0.25, -0.2) is 15.0 Å². The highest BCUT2D eigenvalue weighted by Crippen LogP contribution is 2.41. The Morgan fingerprint density at radius 2 is 0.696 bits per heavy atom. The third-order valence-corrected chi connectivity index (χ3v) is 10.6. The highest BCUT2D eigenvalue weighted by molar-refractivity contribution is 6.10. The number of hydrogen-bond acceptors (Lipinski definition) is 5. The minimum Gasteiger partial charge on any atom is -0.455 e. The molecule has 0 spiro atoms. The van der Waals surface area contributed by atoms with Gasteiger partial charge in [0, 0.05) is 27.1 Å². The number of aromatic nitrogens is 3. The highest BCUT2D eigenvalue weighted by Gasteiger charge is 2.22. The molecule has 0 fully saturated rings. The summed E-state index contributed by atoms with van der Waals surface area (Å²) in [6, 6.07) is 64.6. The Hall–Kier alpha value is -7.63. The van der Waals surface area contributed by atoms with E-state index in [-0.39, 0.29) is 0 Å². The molecule has 0 aliphatic carbocycles. The molecular formula is C51H31N3O2. The molecule has 0 unspecified atom stereocenters. The lowest BCUT2D eigenvalue weighted by Gasteiger charge is -2.15. The number of fused-ring (bicyclic) bond motifs is 6. The average molecular weight is 718 g/mol. The van der Waals surface area contributed by atoms with E-state index in [0.717, 1.165) is 88.4 Å². The monoisotopic (exact) mass is 717 g/mol. The first-order valence-electron chi connectivity index (χ1n) is 18.7. The van der Waals surface area contributed by atoms with Crippen molar-refractivity contribution in [2.45, 2.75) is 0 Å². The lowest BCUT2D eigenvalue weighted by molar-refractivity contribution is 0.669. The van der Waals surface area contributed by atoms with Crippen molar-refractivity contribution < 1.29 is 8.83 Å². The summed E-state index contributed by atoms with van der Waals surface area (Å²) in [7, 11) is 0. The minimum atomic E-state index is 0.512. The number of hydrogen-bond donors (Lipinski definition) is 0. The van der Waals surface area contributed by atoms with Crippen LogP contribution < -0.4 is 0 Å². The zero-order chi connectivity index (χ0) is 37.0. The summed E-state index contributed by atoms with van der Waals surface area (Å²) in [5.41, 5.74) is 12.1. The Kier molecular flexibility index (Phi) is 7.42. The lowest BCUT2D eigenvalue weighted by atomic mass is 9.93. The fraction of sp³-hybridized carbons (Fsp3) is 0. The van der Waals surface area contributed by atoms with Gasteiger partial charge in [0.15, 0.2) is 17.5 Å². The van der Waals surface area contributed by atoms with Crippen LogP contribution in [0.1, 0.15) is 0 Å². The Bertz CT molecular complexity index is 3120. The molecule has 56 heavy (non-hydrogen) atoms. The van der Waals surface area contributed by atoms with Gasteiger partial charge < -0.3 is 8.83 Å². The van der Waals surface area contributed by atoms with E-state index >= 15 is 0 Å². The van der Waals surface area contributed by atoms with Gasteiger partial charge in [0.1, 0.15) is 22.3 Å². The first-order chi connectivity index (χ1) is 27.7. The quantitative estimate of drug-likeness (QED) is 0.171. The maximum atomic E-state index is 6.54. The van der Waals surface area contributed by atoms with E-state index in [9.17, 15) is 0 Å². The van der Waals surface area contributed by atoms with Gasteiger partial charge in [0.25, 0.3) is 0 Å². The molecule has 11 aromatic rings. The van der Waals surface area contributed by atoms with Crippen molar-refractivity contribution in [3.63, 3.8) is 0 Å². The van der Waals surface area contributed by atoms with Gasteiger partial charge in [0.2, 0.25) is 0 Å². The number of rotatable bonds is 6. The summed E-state index contributed by atoms with van der Waals surface area (Å²) in [6.45, 7) is 0. The maximum Gasteiger partial charge on any atom is 0.167 e. The lowest BCUT2D eigenvalue weighted by Crippen LogP contribution is -2.02. The first kappa shape index (κ1) is 31.9. The summed E-state index contributed by atoms with van der Waals surface area (Å²) in [5, 5.41) is 4.10. The summed E-state index contributed by atoms with van der Waals surface area (Å²) >= 11 is 0. The largest absolute Gasteiger partial charge is 0.455 e. The van der Waals surface area contributed by atoms with E-state index in [1.54, 1.807) is 0 Å².